The van der Waals surface area contributed by atoms with Crippen LogP contribution < -0.4 is 20.5 Å². The number of anilines is 2. The van der Waals surface area contributed by atoms with Gasteiger partial charge in [0.2, 0.25) is 5.91 Å². The van der Waals surface area contributed by atoms with Crippen LogP contribution in [0, 0.1) is 0 Å². The van der Waals surface area contributed by atoms with Crippen LogP contribution in [0.1, 0.15) is 13.3 Å². The fraction of sp³-hybridized carbons (Fsp3) is 0.235. The summed E-state index contributed by atoms with van der Waals surface area (Å²) in [6.07, 6.45) is 1.44. The predicted molar refractivity (Wildman–Crippen MR) is 99.5 cm³/mol. The first-order chi connectivity index (χ1) is 12.5. The monoisotopic (exact) mass is 394 g/mol. The van der Waals surface area contributed by atoms with Gasteiger partial charge in [0.1, 0.15) is 11.8 Å². The zero-order chi connectivity index (χ0) is 18.7. The maximum atomic E-state index is 12.6. The molecule has 2 amide bonds. The van der Waals surface area contributed by atoms with Gasteiger partial charge in [-0.25, -0.2) is 15.3 Å². The Bertz CT molecular complexity index is 829. The Morgan fingerprint density at radius 1 is 1.27 bits per heavy atom. The number of carbonyl (C=O) groups excluding carboxylic acids is 2. The van der Waals surface area contributed by atoms with Crippen molar-refractivity contribution in [3.63, 3.8) is 0 Å². The number of aromatic nitrogens is 1. The minimum atomic E-state index is -0.734. The molecule has 2 aromatic rings. The number of carbonyl (C=O) groups is 2. The van der Waals surface area contributed by atoms with E-state index in [0.29, 0.717) is 33.9 Å². The highest BCUT2D eigenvalue weighted by molar-refractivity contribution is 6.36. The zero-order valence-electron chi connectivity index (χ0n) is 13.8. The number of nitrogens with one attached hydrogen (secondary N) is 2. The van der Waals surface area contributed by atoms with E-state index in [0.717, 1.165) is 4.90 Å². The second kappa shape index (κ2) is 7.90. The molecule has 1 saturated heterocycles. The lowest BCUT2D eigenvalue weighted by molar-refractivity contribution is -0.121. The van der Waals surface area contributed by atoms with Gasteiger partial charge in [-0.2, -0.15) is 0 Å². The average molecular weight is 395 g/mol. The van der Waals surface area contributed by atoms with Gasteiger partial charge in [-0.1, -0.05) is 23.2 Å². The average Bonchev–Trinajstić information content (AvgIpc) is 2.89. The molecular weight excluding hydrogens is 379 g/mol. The molecule has 26 heavy (non-hydrogen) atoms. The van der Waals surface area contributed by atoms with Gasteiger partial charge in [-0.15, -0.1) is 0 Å². The van der Waals surface area contributed by atoms with Crippen molar-refractivity contribution in [1.29, 1.82) is 0 Å². The van der Waals surface area contributed by atoms with Crippen molar-refractivity contribution in [3.05, 3.63) is 46.6 Å². The molecular formula is C17H16Cl2N4O3. The number of hydrogen-bond donors (Lipinski definition) is 2. The molecule has 3 rings (SSSR count). The Kier molecular flexibility index (Phi) is 5.61. The number of ether oxygens (including phenoxy) is 1. The molecule has 1 fully saturated rings. The molecule has 136 valence electrons. The summed E-state index contributed by atoms with van der Waals surface area (Å²) in [7, 11) is 0. The van der Waals surface area contributed by atoms with Crippen molar-refractivity contribution in [2.24, 2.45) is 0 Å². The van der Waals surface area contributed by atoms with Gasteiger partial charge < -0.3 is 10.2 Å². The number of nitrogens with zero attached hydrogens (tertiary/aromatic N) is 2. The minimum Gasteiger partial charge on any atom is -0.494 e. The largest absolute Gasteiger partial charge is 0.494 e. The maximum Gasteiger partial charge on any atom is 0.253 e. The molecule has 1 aliphatic heterocycles. The molecule has 2 heterocycles. The third kappa shape index (κ3) is 3.90. The number of halogens is 2. The summed E-state index contributed by atoms with van der Waals surface area (Å²) in [4.78, 5) is 30.0. The molecule has 2 N–H and O–H groups in total. The van der Waals surface area contributed by atoms with E-state index in [1.807, 2.05) is 6.92 Å². The highest BCUT2D eigenvalue weighted by Crippen LogP contribution is 2.26. The molecule has 0 bridgehead atoms. The molecule has 0 unspecified atom stereocenters. The first-order valence-corrected chi connectivity index (χ1v) is 8.67. The molecule has 1 aromatic heterocycles. The van der Waals surface area contributed by atoms with E-state index < -0.39 is 6.04 Å². The third-order valence-corrected chi connectivity index (χ3v) is 4.22. The first-order valence-electron chi connectivity index (χ1n) is 7.92. The summed E-state index contributed by atoms with van der Waals surface area (Å²) in [6, 6.07) is 7.57. The van der Waals surface area contributed by atoms with E-state index in [1.165, 1.54) is 12.3 Å². The fourth-order valence-electron chi connectivity index (χ4n) is 2.54. The Balaban J connectivity index is 1.68. The van der Waals surface area contributed by atoms with Crippen molar-refractivity contribution < 1.29 is 14.3 Å². The second-order valence-corrected chi connectivity index (χ2v) is 6.35. The number of amides is 2. The zero-order valence-corrected chi connectivity index (χ0v) is 15.3. The van der Waals surface area contributed by atoms with E-state index in [4.69, 9.17) is 27.9 Å². The third-order valence-electron chi connectivity index (χ3n) is 3.73. The molecule has 0 aliphatic carbocycles. The fourth-order valence-corrected chi connectivity index (χ4v) is 2.96. The van der Waals surface area contributed by atoms with Crippen LogP contribution in [0.4, 0.5) is 11.5 Å². The highest BCUT2D eigenvalue weighted by Gasteiger charge is 2.39. The van der Waals surface area contributed by atoms with E-state index >= 15 is 0 Å². The summed E-state index contributed by atoms with van der Waals surface area (Å²) in [5.41, 5.74) is 6.05. The van der Waals surface area contributed by atoms with Gasteiger partial charge >= 0.3 is 0 Å². The molecule has 1 atom stereocenters. The van der Waals surface area contributed by atoms with Gasteiger partial charge in [0.25, 0.3) is 5.91 Å². The smallest absolute Gasteiger partial charge is 0.253 e. The van der Waals surface area contributed by atoms with Crippen LogP contribution in [0.2, 0.25) is 10.0 Å². The van der Waals surface area contributed by atoms with E-state index in [1.54, 1.807) is 24.3 Å². The molecule has 1 aromatic carbocycles. The Morgan fingerprint density at radius 3 is 2.65 bits per heavy atom. The predicted octanol–water partition coefficient (Wildman–Crippen LogP) is 3.04. The highest BCUT2D eigenvalue weighted by atomic mass is 35.5. The van der Waals surface area contributed by atoms with Gasteiger partial charge in [0, 0.05) is 6.20 Å². The van der Waals surface area contributed by atoms with Crippen LogP contribution in [-0.2, 0) is 9.59 Å². The van der Waals surface area contributed by atoms with Gasteiger partial charge in [0.15, 0.2) is 5.82 Å². The Morgan fingerprint density at radius 2 is 2.00 bits per heavy atom. The van der Waals surface area contributed by atoms with E-state index in [-0.39, 0.29) is 18.2 Å². The van der Waals surface area contributed by atoms with Gasteiger partial charge in [-0.3, -0.25) is 9.59 Å². The van der Waals surface area contributed by atoms with Crippen LogP contribution in [-0.4, -0.2) is 29.4 Å². The molecule has 0 radical (unpaired) electrons. The van der Waals surface area contributed by atoms with Crippen molar-refractivity contribution in [1.82, 2.24) is 10.4 Å². The van der Waals surface area contributed by atoms with Crippen LogP contribution >= 0.6 is 23.2 Å². The Labute approximate surface area is 160 Å². The number of benzene rings is 1. The standard InChI is InChI=1S/C17H16Cl2N4O3/c1-2-26-12-5-3-11(4-6-12)23-15(24)8-14(17(23)25)21-22-16-13(19)7-10(18)9-20-16/h3-7,9,14,21H,2,8H2,1H3,(H,20,22)/t14-/m0/s1. The van der Waals surface area contributed by atoms with E-state index in [9.17, 15) is 9.59 Å². The number of hydrazine groups is 1. The number of hydrogen-bond acceptors (Lipinski definition) is 6. The maximum absolute atomic E-state index is 12.6. The Hall–Kier alpha value is -2.35. The van der Waals surface area contributed by atoms with Crippen LogP contribution in [0.25, 0.3) is 0 Å². The van der Waals surface area contributed by atoms with Gasteiger partial charge in [-0.05, 0) is 37.3 Å². The van der Waals surface area contributed by atoms with Crippen LogP contribution in [0.5, 0.6) is 5.75 Å². The summed E-state index contributed by atoms with van der Waals surface area (Å²) in [5, 5.41) is 0.694. The number of pyridine rings is 1. The summed E-state index contributed by atoms with van der Waals surface area (Å²) >= 11 is 11.8. The number of imide groups is 1. The lowest BCUT2D eigenvalue weighted by atomic mass is 10.2. The summed E-state index contributed by atoms with van der Waals surface area (Å²) < 4.78 is 5.37. The van der Waals surface area contributed by atoms with Crippen molar-refractivity contribution in [3.8, 4) is 5.75 Å². The molecule has 9 heteroatoms. The quantitative estimate of drug-likeness (QED) is 0.578. The van der Waals surface area contributed by atoms with Crippen molar-refractivity contribution >= 4 is 46.5 Å². The first kappa shape index (κ1) is 18.4. The lowest BCUT2D eigenvalue weighted by Crippen LogP contribution is -2.41. The normalized spacial score (nSPS) is 16.9. The topological polar surface area (TPSA) is 83.6 Å². The van der Waals surface area contributed by atoms with Crippen molar-refractivity contribution in [2.45, 2.75) is 19.4 Å². The summed E-state index contributed by atoms with van der Waals surface area (Å²) in [5.74, 6) is 0.330. The molecule has 1 aliphatic rings. The van der Waals surface area contributed by atoms with E-state index in [2.05, 4.69) is 15.8 Å². The minimum absolute atomic E-state index is 0.0181. The second-order valence-electron chi connectivity index (χ2n) is 5.50. The summed E-state index contributed by atoms with van der Waals surface area (Å²) in [6.45, 7) is 2.42. The van der Waals surface area contributed by atoms with Gasteiger partial charge in [0.05, 0.1) is 28.8 Å². The number of rotatable bonds is 6. The molecule has 0 spiro atoms. The van der Waals surface area contributed by atoms with Crippen LogP contribution in [0.3, 0.4) is 0 Å². The SMILES string of the molecule is CCOc1ccc(N2C(=O)C[C@H](NNc3ncc(Cl)cc3Cl)C2=O)cc1. The molecule has 7 nitrogen and oxygen atoms in total. The lowest BCUT2D eigenvalue weighted by Gasteiger charge is -2.17. The van der Waals surface area contributed by atoms with Crippen molar-refractivity contribution in [2.75, 3.05) is 16.9 Å². The van der Waals surface area contributed by atoms with Crippen LogP contribution in [0.15, 0.2) is 36.5 Å². The molecule has 0 saturated carbocycles.